The predicted molar refractivity (Wildman–Crippen MR) is 79.0 cm³/mol. The van der Waals surface area contributed by atoms with Gasteiger partial charge in [0.15, 0.2) is 0 Å². The molecule has 1 aromatic rings. The number of hydrogen-bond acceptors (Lipinski definition) is 3. The number of carbonyl (C=O) groups excluding carboxylic acids is 1. The fraction of sp³-hybridized carbons (Fsp3) is 0.733. The molecule has 2 rings (SSSR count). The fourth-order valence-corrected chi connectivity index (χ4v) is 2.97. The normalized spacial score (nSPS) is 28.1. The van der Waals surface area contributed by atoms with Gasteiger partial charge in [0.1, 0.15) is 0 Å². The first kappa shape index (κ1) is 15.0. The molecule has 5 heteroatoms. The summed E-state index contributed by atoms with van der Waals surface area (Å²) in [5, 5.41) is 3.13. The zero-order valence-corrected chi connectivity index (χ0v) is 12.5. The highest BCUT2D eigenvalue weighted by molar-refractivity contribution is 5.83. The van der Waals surface area contributed by atoms with E-state index in [-0.39, 0.29) is 17.4 Å². The summed E-state index contributed by atoms with van der Waals surface area (Å²) in [5.41, 5.74) is 5.57. The van der Waals surface area contributed by atoms with Crippen molar-refractivity contribution in [3.8, 4) is 0 Å². The van der Waals surface area contributed by atoms with E-state index in [4.69, 9.17) is 5.73 Å². The zero-order chi connectivity index (χ0) is 14.6. The molecule has 0 saturated heterocycles. The van der Waals surface area contributed by atoms with Gasteiger partial charge < -0.3 is 15.6 Å². The Hall–Kier alpha value is -1.36. The van der Waals surface area contributed by atoms with E-state index in [1.165, 1.54) is 0 Å². The molecule has 1 atom stereocenters. The van der Waals surface area contributed by atoms with Gasteiger partial charge in [-0.05, 0) is 38.5 Å². The van der Waals surface area contributed by atoms with Crippen molar-refractivity contribution in [3.05, 3.63) is 18.7 Å². The third-order valence-corrected chi connectivity index (χ3v) is 4.53. The number of nitrogens with two attached hydrogens (primary N) is 1. The summed E-state index contributed by atoms with van der Waals surface area (Å²) in [6.45, 7) is 5.46. The van der Waals surface area contributed by atoms with Crippen LogP contribution in [0.5, 0.6) is 0 Å². The number of imidazole rings is 1. The maximum Gasteiger partial charge on any atom is 0.227 e. The van der Waals surface area contributed by atoms with Crippen molar-refractivity contribution in [1.82, 2.24) is 14.9 Å². The molecule has 0 aromatic carbocycles. The SMILES string of the molecule is CC1CCC(CN)(C(=O)NC(C)Cn2ccnc2)CC1. The van der Waals surface area contributed by atoms with Gasteiger partial charge in [0.25, 0.3) is 0 Å². The molecule has 1 saturated carbocycles. The Labute approximate surface area is 120 Å². The average molecular weight is 278 g/mol. The third-order valence-electron chi connectivity index (χ3n) is 4.53. The number of amides is 1. The highest BCUT2D eigenvalue weighted by Gasteiger charge is 2.40. The van der Waals surface area contributed by atoms with Gasteiger partial charge in [0, 0.05) is 31.5 Å². The number of rotatable bonds is 5. The van der Waals surface area contributed by atoms with Gasteiger partial charge in [0.2, 0.25) is 5.91 Å². The minimum Gasteiger partial charge on any atom is -0.351 e. The predicted octanol–water partition coefficient (Wildman–Crippen LogP) is 1.54. The Bertz CT molecular complexity index is 421. The Kier molecular flexibility index (Phi) is 4.81. The van der Waals surface area contributed by atoms with Crippen LogP contribution < -0.4 is 11.1 Å². The van der Waals surface area contributed by atoms with Gasteiger partial charge in [-0.15, -0.1) is 0 Å². The topological polar surface area (TPSA) is 72.9 Å². The van der Waals surface area contributed by atoms with Crippen LogP contribution in [0.2, 0.25) is 0 Å². The second kappa shape index (κ2) is 6.39. The van der Waals surface area contributed by atoms with Crippen LogP contribution in [0, 0.1) is 11.3 Å². The first-order chi connectivity index (χ1) is 9.55. The van der Waals surface area contributed by atoms with Gasteiger partial charge in [-0.3, -0.25) is 4.79 Å². The van der Waals surface area contributed by atoms with Gasteiger partial charge in [0.05, 0.1) is 11.7 Å². The molecule has 0 aliphatic heterocycles. The number of nitrogens with zero attached hydrogens (tertiary/aromatic N) is 2. The molecule has 1 heterocycles. The van der Waals surface area contributed by atoms with E-state index in [1.54, 1.807) is 12.5 Å². The first-order valence-electron chi connectivity index (χ1n) is 7.52. The van der Waals surface area contributed by atoms with E-state index < -0.39 is 0 Å². The van der Waals surface area contributed by atoms with Crippen molar-refractivity contribution >= 4 is 5.91 Å². The first-order valence-corrected chi connectivity index (χ1v) is 7.52. The van der Waals surface area contributed by atoms with Crippen molar-refractivity contribution in [1.29, 1.82) is 0 Å². The third kappa shape index (κ3) is 3.39. The summed E-state index contributed by atoms with van der Waals surface area (Å²) in [5.74, 6) is 0.838. The van der Waals surface area contributed by atoms with Crippen molar-refractivity contribution in [2.45, 2.75) is 52.1 Å². The smallest absolute Gasteiger partial charge is 0.227 e. The van der Waals surface area contributed by atoms with Crippen LogP contribution in [0.4, 0.5) is 0 Å². The van der Waals surface area contributed by atoms with Gasteiger partial charge >= 0.3 is 0 Å². The Morgan fingerprint density at radius 2 is 2.25 bits per heavy atom. The molecular formula is C15H26N4O. The standard InChI is InChI=1S/C15H26N4O/c1-12-3-5-15(10-16,6-4-12)14(20)18-13(2)9-19-8-7-17-11-19/h7-8,11-13H,3-6,9-10,16H2,1-2H3,(H,18,20). The van der Waals surface area contributed by atoms with Gasteiger partial charge in [-0.1, -0.05) is 6.92 Å². The molecule has 1 aromatic heterocycles. The Balaban J connectivity index is 1.92. The van der Waals surface area contributed by atoms with E-state index in [0.29, 0.717) is 12.5 Å². The summed E-state index contributed by atoms with van der Waals surface area (Å²) in [4.78, 5) is 16.6. The van der Waals surface area contributed by atoms with E-state index >= 15 is 0 Å². The van der Waals surface area contributed by atoms with E-state index in [9.17, 15) is 4.79 Å². The number of nitrogens with one attached hydrogen (secondary N) is 1. The summed E-state index contributed by atoms with van der Waals surface area (Å²) in [6.07, 6.45) is 9.44. The lowest BCUT2D eigenvalue weighted by Gasteiger charge is -2.37. The summed E-state index contributed by atoms with van der Waals surface area (Å²) in [7, 11) is 0. The van der Waals surface area contributed by atoms with E-state index in [0.717, 1.165) is 32.2 Å². The van der Waals surface area contributed by atoms with Gasteiger partial charge in [-0.2, -0.15) is 0 Å². The second-order valence-electron chi connectivity index (χ2n) is 6.30. The Morgan fingerprint density at radius 3 is 2.80 bits per heavy atom. The van der Waals surface area contributed by atoms with Crippen molar-refractivity contribution in [2.75, 3.05) is 6.54 Å². The molecule has 0 radical (unpaired) electrons. The van der Waals surface area contributed by atoms with Crippen LogP contribution in [-0.2, 0) is 11.3 Å². The van der Waals surface area contributed by atoms with Crippen LogP contribution in [0.25, 0.3) is 0 Å². The molecule has 1 aliphatic carbocycles. The lowest BCUT2D eigenvalue weighted by molar-refractivity contribution is -0.133. The highest BCUT2D eigenvalue weighted by Crippen LogP contribution is 2.38. The Morgan fingerprint density at radius 1 is 1.55 bits per heavy atom. The molecule has 3 N–H and O–H groups in total. The summed E-state index contributed by atoms with van der Waals surface area (Å²) in [6, 6.07) is 0.0828. The largest absolute Gasteiger partial charge is 0.351 e. The molecule has 1 fully saturated rings. The molecule has 1 aliphatic rings. The van der Waals surface area contributed by atoms with Crippen LogP contribution in [0.1, 0.15) is 39.5 Å². The lowest BCUT2D eigenvalue weighted by atomic mass is 9.70. The molecule has 5 nitrogen and oxygen atoms in total. The second-order valence-corrected chi connectivity index (χ2v) is 6.30. The van der Waals surface area contributed by atoms with Crippen molar-refractivity contribution < 1.29 is 4.79 Å². The molecule has 20 heavy (non-hydrogen) atoms. The van der Waals surface area contributed by atoms with Crippen LogP contribution in [0.15, 0.2) is 18.7 Å². The highest BCUT2D eigenvalue weighted by atomic mass is 16.2. The molecule has 1 amide bonds. The maximum atomic E-state index is 12.6. The minimum absolute atomic E-state index is 0.0828. The van der Waals surface area contributed by atoms with Gasteiger partial charge in [-0.25, -0.2) is 4.98 Å². The summed E-state index contributed by atoms with van der Waals surface area (Å²) >= 11 is 0. The summed E-state index contributed by atoms with van der Waals surface area (Å²) < 4.78 is 1.98. The van der Waals surface area contributed by atoms with E-state index in [2.05, 4.69) is 17.2 Å². The molecular weight excluding hydrogens is 252 g/mol. The number of carbonyl (C=O) groups is 1. The van der Waals surface area contributed by atoms with E-state index in [1.807, 2.05) is 17.7 Å². The number of aromatic nitrogens is 2. The zero-order valence-electron chi connectivity index (χ0n) is 12.5. The lowest BCUT2D eigenvalue weighted by Crippen LogP contribution is -2.50. The molecule has 1 unspecified atom stereocenters. The maximum absolute atomic E-state index is 12.6. The van der Waals surface area contributed by atoms with Crippen molar-refractivity contribution in [2.24, 2.45) is 17.1 Å². The minimum atomic E-state index is -0.351. The number of hydrogen-bond donors (Lipinski definition) is 2. The quantitative estimate of drug-likeness (QED) is 0.858. The molecule has 112 valence electrons. The fourth-order valence-electron chi connectivity index (χ4n) is 2.97. The average Bonchev–Trinajstić information content (AvgIpc) is 2.92. The van der Waals surface area contributed by atoms with Crippen LogP contribution >= 0.6 is 0 Å². The van der Waals surface area contributed by atoms with Crippen LogP contribution in [0.3, 0.4) is 0 Å². The monoisotopic (exact) mass is 278 g/mol. The molecule has 0 bridgehead atoms. The van der Waals surface area contributed by atoms with Crippen LogP contribution in [-0.4, -0.2) is 28.0 Å². The van der Waals surface area contributed by atoms with Crippen molar-refractivity contribution in [3.63, 3.8) is 0 Å². The molecule has 0 spiro atoms.